The molecule has 1 aromatic heterocycles. The standard InChI is InChI=1S/C17H20N4O2/c1-10-6-17(20-8-11-2-4-15(18)14(11)9-20)13-7-12(21(22)23)3-5-16(13)19-10/h3,5-7,11,14-15H,2,4,8-9,18H2,1H3. The highest BCUT2D eigenvalue weighted by Gasteiger charge is 2.41. The third-order valence-electron chi connectivity index (χ3n) is 5.36. The lowest BCUT2D eigenvalue weighted by Gasteiger charge is -2.23. The molecule has 2 aliphatic rings. The van der Waals surface area contributed by atoms with E-state index < -0.39 is 0 Å². The lowest BCUT2D eigenvalue weighted by Crippen LogP contribution is -2.30. The van der Waals surface area contributed by atoms with Gasteiger partial charge >= 0.3 is 0 Å². The van der Waals surface area contributed by atoms with Crippen LogP contribution in [0.2, 0.25) is 0 Å². The SMILES string of the molecule is Cc1cc(N2CC3CCC(N)C3C2)c2cc([N+](=O)[O-])ccc2n1. The normalized spacial score (nSPS) is 26.7. The summed E-state index contributed by atoms with van der Waals surface area (Å²) >= 11 is 0. The molecule has 1 aliphatic heterocycles. The van der Waals surface area contributed by atoms with E-state index in [0.29, 0.717) is 11.8 Å². The molecule has 0 spiro atoms. The van der Waals surface area contributed by atoms with Gasteiger partial charge in [0.25, 0.3) is 5.69 Å². The van der Waals surface area contributed by atoms with Gasteiger partial charge in [-0.1, -0.05) is 0 Å². The van der Waals surface area contributed by atoms with E-state index in [1.165, 1.54) is 12.5 Å². The summed E-state index contributed by atoms with van der Waals surface area (Å²) in [4.78, 5) is 17.6. The number of aryl methyl sites for hydroxylation is 1. The summed E-state index contributed by atoms with van der Waals surface area (Å²) in [5.74, 6) is 1.18. The number of hydrogen-bond donors (Lipinski definition) is 1. The molecular formula is C17H20N4O2. The van der Waals surface area contributed by atoms with E-state index in [-0.39, 0.29) is 16.7 Å². The topological polar surface area (TPSA) is 85.3 Å². The Balaban J connectivity index is 1.79. The molecule has 3 atom stereocenters. The van der Waals surface area contributed by atoms with Gasteiger partial charge in [-0.3, -0.25) is 15.1 Å². The Morgan fingerprint density at radius 2 is 2.13 bits per heavy atom. The Morgan fingerprint density at radius 3 is 2.87 bits per heavy atom. The molecule has 23 heavy (non-hydrogen) atoms. The van der Waals surface area contributed by atoms with Gasteiger partial charge < -0.3 is 10.6 Å². The third kappa shape index (κ3) is 2.34. The number of pyridine rings is 1. The minimum atomic E-state index is -0.349. The number of rotatable bonds is 2. The minimum Gasteiger partial charge on any atom is -0.370 e. The zero-order valence-corrected chi connectivity index (χ0v) is 13.1. The highest BCUT2D eigenvalue weighted by Crippen LogP contribution is 2.41. The van der Waals surface area contributed by atoms with Gasteiger partial charge in [-0.2, -0.15) is 0 Å². The van der Waals surface area contributed by atoms with Crippen LogP contribution in [0, 0.1) is 28.9 Å². The lowest BCUT2D eigenvalue weighted by atomic mass is 9.98. The van der Waals surface area contributed by atoms with Crippen molar-refractivity contribution in [2.45, 2.75) is 25.8 Å². The van der Waals surface area contributed by atoms with Crippen molar-refractivity contribution in [1.29, 1.82) is 0 Å². The first-order valence-electron chi connectivity index (χ1n) is 8.09. The molecule has 1 aromatic carbocycles. The number of nitrogens with two attached hydrogens (primary N) is 1. The highest BCUT2D eigenvalue weighted by atomic mass is 16.6. The van der Waals surface area contributed by atoms with E-state index in [4.69, 9.17) is 5.73 Å². The van der Waals surface area contributed by atoms with E-state index in [9.17, 15) is 10.1 Å². The highest BCUT2D eigenvalue weighted by molar-refractivity contribution is 5.93. The number of non-ortho nitro benzene ring substituents is 1. The minimum absolute atomic E-state index is 0.112. The lowest BCUT2D eigenvalue weighted by molar-refractivity contribution is -0.384. The fraction of sp³-hybridized carbons (Fsp3) is 0.471. The van der Waals surface area contributed by atoms with Crippen LogP contribution in [0.5, 0.6) is 0 Å². The summed E-state index contributed by atoms with van der Waals surface area (Å²) in [5, 5.41) is 12.0. The molecule has 2 N–H and O–H groups in total. The van der Waals surface area contributed by atoms with E-state index in [0.717, 1.165) is 41.8 Å². The monoisotopic (exact) mass is 312 g/mol. The van der Waals surface area contributed by atoms with Crippen LogP contribution in [-0.2, 0) is 0 Å². The van der Waals surface area contributed by atoms with Crippen molar-refractivity contribution < 1.29 is 4.92 Å². The van der Waals surface area contributed by atoms with Crippen LogP contribution in [0.15, 0.2) is 24.3 Å². The number of anilines is 1. The van der Waals surface area contributed by atoms with Crippen molar-refractivity contribution in [2.24, 2.45) is 17.6 Å². The molecule has 0 bridgehead atoms. The molecule has 2 heterocycles. The molecule has 2 fully saturated rings. The largest absolute Gasteiger partial charge is 0.370 e. The summed E-state index contributed by atoms with van der Waals surface area (Å²) in [5.41, 5.74) is 9.15. The van der Waals surface area contributed by atoms with E-state index in [1.807, 2.05) is 13.0 Å². The number of fused-ring (bicyclic) bond motifs is 2. The first-order valence-corrected chi connectivity index (χ1v) is 8.09. The number of hydrogen-bond acceptors (Lipinski definition) is 5. The van der Waals surface area contributed by atoms with Gasteiger partial charge in [-0.05, 0) is 43.7 Å². The predicted molar refractivity (Wildman–Crippen MR) is 89.5 cm³/mol. The van der Waals surface area contributed by atoms with Crippen molar-refractivity contribution in [2.75, 3.05) is 18.0 Å². The Labute approximate surface area is 134 Å². The Bertz CT molecular complexity index is 792. The molecule has 120 valence electrons. The van der Waals surface area contributed by atoms with Crippen LogP contribution < -0.4 is 10.6 Å². The van der Waals surface area contributed by atoms with Gasteiger partial charge in [0.05, 0.1) is 10.4 Å². The van der Waals surface area contributed by atoms with Crippen molar-refractivity contribution in [1.82, 2.24) is 4.98 Å². The Kier molecular flexibility index (Phi) is 3.23. The molecule has 4 rings (SSSR count). The maximum Gasteiger partial charge on any atom is 0.270 e. The summed E-state index contributed by atoms with van der Waals surface area (Å²) in [6, 6.07) is 7.23. The fourth-order valence-corrected chi connectivity index (χ4v) is 4.20. The zero-order valence-electron chi connectivity index (χ0n) is 13.1. The molecule has 1 saturated heterocycles. The van der Waals surface area contributed by atoms with Gasteiger partial charge in [0, 0.05) is 48.0 Å². The van der Waals surface area contributed by atoms with E-state index in [1.54, 1.807) is 12.1 Å². The second-order valence-corrected chi connectivity index (χ2v) is 6.81. The molecule has 1 aliphatic carbocycles. The van der Waals surface area contributed by atoms with Gasteiger partial charge in [0.1, 0.15) is 0 Å². The van der Waals surface area contributed by atoms with E-state index in [2.05, 4.69) is 9.88 Å². The smallest absolute Gasteiger partial charge is 0.270 e. The maximum atomic E-state index is 11.1. The van der Waals surface area contributed by atoms with Crippen molar-refractivity contribution in [3.05, 3.63) is 40.1 Å². The summed E-state index contributed by atoms with van der Waals surface area (Å²) in [6.45, 7) is 3.89. The first-order chi connectivity index (χ1) is 11.0. The van der Waals surface area contributed by atoms with Crippen molar-refractivity contribution in [3.8, 4) is 0 Å². The Morgan fingerprint density at radius 1 is 1.30 bits per heavy atom. The number of aromatic nitrogens is 1. The summed E-state index contributed by atoms with van der Waals surface area (Å²) < 4.78 is 0. The van der Waals surface area contributed by atoms with Crippen LogP contribution in [0.3, 0.4) is 0 Å². The molecule has 1 saturated carbocycles. The quantitative estimate of drug-likeness (QED) is 0.680. The number of benzene rings is 1. The summed E-state index contributed by atoms with van der Waals surface area (Å²) in [6.07, 6.45) is 2.30. The van der Waals surface area contributed by atoms with Crippen LogP contribution >= 0.6 is 0 Å². The molecule has 6 nitrogen and oxygen atoms in total. The molecular weight excluding hydrogens is 292 g/mol. The van der Waals surface area contributed by atoms with Crippen LogP contribution in [0.25, 0.3) is 10.9 Å². The first kappa shape index (κ1) is 14.4. The Hall–Kier alpha value is -2.21. The summed E-state index contributed by atoms with van der Waals surface area (Å²) in [7, 11) is 0. The van der Waals surface area contributed by atoms with Crippen LogP contribution in [0.4, 0.5) is 11.4 Å². The van der Waals surface area contributed by atoms with E-state index >= 15 is 0 Å². The number of nitro groups is 1. The van der Waals surface area contributed by atoms with Crippen LogP contribution in [-0.4, -0.2) is 29.0 Å². The molecule has 3 unspecified atom stereocenters. The van der Waals surface area contributed by atoms with Gasteiger partial charge in [-0.15, -0.1) is 0 Å². The molecule has 2 aromatic rings. The third-order valence-corrected chi connectivity index (χ3v) is 5.36. The predicted octanol–water partition coefficient (Wildman–Crippen LogP) is 2.62. The molecule has 0 radical (unpaired) electrons. The maximum absolute atomic E-state index is 11.1. The number of nitrogens with zero attached hydrogens (tertiary/aromatic N) is 3. The van der Waals surface area contributed by atoms with Crippen molar-refractivity contribution in [3.63, 3.8) is 0 Å². The molecule has 0 amide bonds. The molecule has 6 heteroatoms. The fourth-order valence-electron chi connectivity index (χ4n) is 4.20. The van der Waals surface area contributed by atoms with Gasteiger partial charge in [0.2, 0.25) is 0 Å². The zero-order chi connectivity index (χ0) is 16.1. The average Bonchev–Trinajstić information content (AvgIpc) is 3.08. The van der Waals surface area contributed by atoms with Crippen molar-refractivity contribution >= 4 is 22.3 Å². The van der Waals surface area contributed by atoms with Crippen LogP contribution in [0.1, 0.15) is 18.5 Å². The van der Waals surface area contributed by atoms with Gasteiger partial charge in [0.15, 0.2) is 0 Å². The average molecular weight is 312 g/mol. The second kappa shape index (κ2) is 5.16. The second-order valence-electron chi connectivity index (χ2n) is 6.81. The van der Waals surface area contributed by atoms with Gasteiger partial charge in [-0.25, -0.2) is 0 Å². The number of nitro benzene ring substituents is 1.